The average Bonchev–Trinajstić information content (AvgIpc) is 3.09. The summed E-state index contributed by atoms with van der Waals surface area (Å²) in [4.78, 5) is 12.2. The molecule has 0 saturated heterocycles. The van der Waals surface area contributed by atoms with Crippen LogP contribution in [0.15, 0.2) is 18.2 Å². The summed E-state index contributed by atoms with van der Waals surface area (Å²) in [5, 5.41) is 9.72. The van der Waals surface area contributed by atoms with Gasteiger partial charge in [-0.15, -0.1) is 0 Å². The molecule has 1 fully saturated rings. The Labute approximate surface area is 99.0 Å². The van der Waals surface area contributed by atoms with Crippen LogP contribution in [0, 0.1) is 5.41 Å². The van der Waals surface area contributed by atoms with Gasteiger partial charge in [-0.05, 0) is 31.0 Å². The first kappa shape index (κ1) is 11.4. The van der Waals surface area contributed by atoms with E-state index in [9.17, 15) is 9.90 Å². The van der Waals surface area contributed by atoms with E-state index in [4.69, 9.17) is 16.3 Å². The summed E-state index contributed by atoms with van der Waals surface area (Å²) in [5.74, 6) is 0.434. The van der Waals surface area contributed by atoms with Crippen LogP contribution in [0.5, 0.6) is 5.75 Å². The Morgan fingerprint density at radius 3 is 2.75 bits per heavy atom. The van der Waals surface area contributed by atoms with E-state index in [0.717, 1.165) is 12.8 Å². The first-order valence-corrected chi connectivity index (χ1v) is 5.50. The van der Waals surface area contributed by atoms with E-state index in [1.54, 1.807) is 18.2 Å². The van der Waals surface area contributed by atoms with Crippen molar-refractivity contribution in [2.45, 2.75) is 12.8 Å². The highest BCUT2D eigenvalue weighted by Gasteiger charge is 2.50. The van der Waals surface area contributed by atoms with Crippen LogP contribution >= 0.6 is 11.6 Å². The fourth-order valence-electron chi connectivity index (χ4n) is 1.75. The summed E-state index contributed by atoms with van der Waals surface area (Å²) < 4.78 is 5.13. The Morgan fingerprint density at radius 2 is 2.25 bits per heavy atom. The number of hydrogen-bond donors (Lipinski definition) is 1. The van der Waals surface area contributed by atoms with Crippen LogP contribution in [0.25, 0.3) is 0 Å². The van der Waals surface area contributed by atoms with Gasteiger partial charge >= 0.3 is 0 Å². The molecule has 1 aliphatic rings. The molecule has 1 aliphatic carbocycles. The molecule has 1 N–H and O–H groups in total. The molecule has 0 unspecified atom stereocenters. The first-order valence-electron chi connectivity index (χ1n) is 5.12. The van der Waals surface area contributed by atoms with Crippen molar-refractivity contribution in [3.63, 3.8) is 0 Å². The minimum absolute atomic E-state index is 0.0747. The number of rotatable bonds is 4. The molecule has 1 saturated carbocycles. The number of ether oxygens (including phenoxy) is 1. The molecule has 0 spiro atoms. The normalized spacial score (nSPS) is 16.9. The number of Topliss-reactive ketones (excluding diaryl/α,β-unsaturated/α-hetero) is 1. The average molecular weight is 241 g/mol. The van der Waals surface area contributed by atoms with Crippen molar-refractivity contribution in [2.24, 2.45) is 5.41 Å². The van der Waals surface area contributed by atoms with E-state index >= 15 is 0 Å². The number of halogens is 1. The smallest absolute Gasteiger partial charge is 0.175 e. The summed E-state index contributed by atoms with van der Waals surface area (Å²) in [6.45, 7) is -0.110. The largest absolute Gasteiger partial charge is 0.496 e. The van der Waals surface area contributed by atoms with Gasteiger partial charge in [-0.1, -0.05) is 11.6 Å². The molecule has 1 aromatic rings. The van der Waals surface area contributed by atoms with Crippen molar-refractivity contribution in [3.8, 4) is 5.75 Å². The quantitative estimate of drug-likeness (QED) is 0.822. The number of hydrogen-bond acceptors (Lipinski definition) is 3. The lowest BCUT2D eigenvalue weighted by Gasteiger charge is -2.13. The predicted molar refractivity (Wildman–Crippen MR) is 61.1 cm³/mol. The van der Waals surface area contributed by atoms with Crippen molar-refractivity contribution in [1.29, 1.82) is 0 Å². The Balaban J connectivity index is 2.39. The second-order valence-corrected chi connectivity index (χ2v) is 4.55. The second kappa shape index (κ2) is 4.07. The van der Waals surface area contributed by atoms with Gasteiger partial charge in [0.15, 0.2) is 5.78 Å². The van der Waals surface area contributed by atoms with Gasteiger partial charge in [0.1, 0.15) is 5.75 Å². The minimum Gasteiger partial charge on any atom is -0.496 e. The van der Waals surface area contributed by atoms with Crippen molar-refractivity contribution in [1.82, 2.24) is 0 Å². The van der Waals surface area contributed by atoms with Crippen molar-refractivity contribution in [2.75, 3.05) is 13.7 Å². The topological polar surface area (TPSA) is 46.5 Å². The van der Waals surface area contributed by atoms with Gasteiger partial charge < -0.3 is 9.84 Å². The minimum atomic E-state index is -0.585. The lowest BCUT2D eigenvalue weighted by atomic mass is 9.95. The van der Waals surface area contributed by atoms with Crippen LogP contribution in [0.4, 0.5) is 0 Å². The molecule has 86 valence electrons. The van der Waals surface area contributed by atoms with Gasteiger partial charge in [0.25, 0.3) is 0 Å². The lowest BCUT2D eigenvalue weighted by Crippen LogP contribution is -2.20. The third-order valence-corrected chi connectivity index (χ3v) is 3.28. The standard InChI is InChI=1S/C12H13ClO3/c1-16-10-3-2-8(13)6-9(10)11(15)12(7-14)4-5-12/h2-3,6,14H,4-5,7H2,1H3. The maximum Gasteiger partial charge on any atom is 0.175 e. The third-order valence-electron chi connectivity index (χ3n) is 3.04. The monoisotopic (exact) mass is 240 g/mol. The molecule has 0 aromatic heterocycles. The number of aliphatic hydroxyl groups excluding tert-OH is 1. The zero-order valence-electron chi connectivity index (χ0n) is 9.00. The molecule has 3 nitrogen and oxygen atoms in total. The van der Waals surface area contributed by atoms with E-state index in [-0.39, 0.29) is 12.4 Å². The Hall–Kier alpha value is -1.06. The van der Waals surface area contributed by atoms with Crippen molar-refractivity contribution < 1.29 is 14.6 Å². The highest BCUT2D eigenvalue weighted by Crippen LogP contribution is 2.48. The van der Waals surface area contributed by atoms with Crippen LogP contribution in [0.1, 0.15) is 23.2 Å². The van der Waals surface area contributed by atoms with Crippen molar-refractivity contribution in [3.05, 3.63) is 28.8 Å². The fraction of sp³-hybridized carbons (Fsp3) is 0.417. The van der Waals surface area contributed by atoms with Crippen molar-refractivity contribution >= 4 is 17.4 Å². The molecular weight excluding hydrogens is 228 g/mol. The molecule has 0 radical (unpaired) electrons. The van der Waals surface area contributed by atoms with Gasteiger partial charge in [-0.25, -0.2) is 0 Å². The van der Waals surface area contributed by atoms with E-state index in [2.05, 4.69) is 0 Å². The molecule has 0 atom stereocenters. The zero-order chi connectivity index (χ0) is 11.8. The van der Waals surface area contributed by atoms with E-state index in [1.165, 1.54) is 7.11 Å². The summed E-state index contributed by atoms with van der Waals surface area (Å²) in [6, 6.07) is 4.94. The molecule has 16 heavy (non-hydrogen) atoms. The van der Waals surface area contributed by atoms with E-state index in [0.29, 0.717) is 16.3 Å². The number of carbonyl (C=O) groups is 1. The predicted octanol–water partition coefficient (Wildman–Crippen LogP) is 2.30. The Bertz CT molecular complexity index is 424. The summed E-state index contributed by atoms with van der Waals surface area (Å²) in [7, 11) is 1.51. The third kappa shape index (κ3) is 1.81. The first-order chi connectivity index (χ1) is 7.63. The maximum absolute atomic E-state index is 12.2. The molecular formula is C12H13ClO3. The molecule has 0 heterocycles. The fourth-order valence-corrected chi connectivity index (χ4v) is 1.92. The Kier molecular flexibility index (Phi) is 2.91. The second-order valence-electron chi connectivity index (χ2n) is 4.11. The van der Waals surface area contributed by atoms with Gasteiger partial charge in [-0.2, -0.15) is 0 Å². The van der Waals surface area contributed by atoms with Gasteiger partial charge in [0.05, 0.1) is 24.7 Å². The van der Waals surface area contributed by atoms with Crippen LogP contribution in [0.3, 0.4) is 0 Å². The molecule has 0 amide bonds. The molecule has 0 bridgehead atoms. The number of aliphatic hydroxyl groups is 1. The number of benzene rings is 1. The van der Waals surface area contributed by atoms with E-state index in [1.807, 2.05) is 0 Å². The molecule has 4 heteroatoms. The van der Waals surface area contributed by atoms with Crippen LogP contribution in [-0.4, -0.2) is 24.6 Å². The van der Waals surface area contributed by atoms with Crippen LogP contribution < -0.4 is 4.74 Å². The number of carbonyl (C=O) groups excluding carboxylic acids is 1. The maximum atomic E-state index is 12.2. The Morgan fingerprint density at radius 1 is 1.56 bits per heavy atom. The van der Waals surface area contributed by atoms with Crippen LogP contribution in [0.2, 0.25) is 5.02 Å². The highest BCUT2D eigenvalue weighted by molar-refractivity contribution is 6.31. The SMILES string of the molecule is COc1ccc(Cl)cc1C(=O)C1(CO)CC1. The molecule has 0 aliphatic heterocycles. The zero-order valence-corrected chi connectivity index (χ0v) is 9.75. The molecule has 1 aromatic carbocycles. The van der Waals surface area contributed by atoms with Gasteiger partial charge in [-0.3, -0.25) is 4.79 Å². The molecule has 2 rings (SSSR count). The van der Waals surface area contributed by atoms with Gasteiger partial charge in [0.2, 0.25) is 0 Å². The summed E-state index contributed by atoms with van der Waals surface area (Å²) in [5.41, 5.74) is -0.126. The summed E-state index contributed by atoms with van der Waals surface area (Å²) >= 11 is 5.86. The van der Waals surface area contributed by atoms with E-state index < -0.39 is 5.41 Å². The number of ketones is 1. The highest BCUT2D eigenvalue weighted by atomic mass is 35.5. The van der Waals surface area contributed by atoms with Crippen LogP contribution in [-0.2, 0) is 0 Å². The lowest BCUT2D eigenvalue weighted by molar-refractivity contribution is 0.0826. The number of methoxy groups -OCH3 is 1. The van der Waals surface area contributed by atoms with Gasteiger partial charge in [0, 0.05) is 5.02 Å². The summed E-state index contributed by atoms with van der Waals surface area (Å²) in [6.07, 6.45) is 1.47.